The molecule has 1 heterocycles. The summed E-state index contributed by atoms with van der Waals surface area (Å²) in [5, 5.41) is 8.20. The van der Waals surface area contributed by atoms with Crippen molar-refractivity contribution >= 4 is 23.3 Å². The van der Waals surface area contributed by atoms with Gasteiger partial charge in [0.1, 0.15) is 11.9 Å². The molecule has 0 bridgehead atoms. The molecule has 1 saturated carbocycles. The summed E-state index contributed by atoms with van der Waals surface area (Å²) in [6, 6.07) is 4.07. The van der Waals surface area contributed by atoms with E-state index in [1.54, 1.807) is 0 Å². The molecule has 0 amide bonds. The summed E-state index contributed by atoms with van der Waals surface area (Å²) in [5.74, 6) is 1.47. The number of H-pyrrole nitrogens is 1. The lowest BCUT2D eigenvalue weighted by Crippen LogP contribution is -2.35. The third-order valence-corrected chi connectivity index (χ3v) is 4.26. The number of nitrogens with one attached hydrogen (secondary N) is 1. The standard InChI is InChI=1S/C15H21N3O.ClH/c1-10-12-9-17-18-13(12)6-7-14(10)19-15-5-3-2-4-11(15)8-16;/h6-7,9,11,15H,2-5,8,16H2,1H3,(H,17,18);1H/t11-,15+;/m0./s1. The second-order valence-electron chi connectivity index (χ2n) is 5.46. The van der Waals surface area contributed by atoms with E-state index in [-0.39, 0.29) is 18.5 Å². The van der Waals surface area contributed by atoms with Gasteiger partial charge in [0.15, 0.2) is 0 Å². The zero-order valence-electron chi connectivity index (χ0n) is 11.8. The summed E-state index contributed by atoms with van der Waals surface area (Å²) in [5.41, 5.74) is 8.08. The number of benzene rings is 1. The van der Waals surface area contributed by atoms with E-state index in [0.29, 0.717) is 5.92 Å². The van der Waals surface area contributed by atoms with E-state index in [2.05, 4.69) is 17.1 Å². The predicted molar refractivity (Wildman–Crippen MR) is 83.5 cm³/mol. The zero-order valence-corrected chi connectivity index (χ0v) is 12.6. The second-order valence-corrected chi connectivity index (χ2v) is 5.46. The smallest absolute Gasteiger partial charge is 0.123 e. The molecule has 1 aliphatic carbocycles. The minimum atomic E-state index is 0. The van der Waals surface area contributed by atoms with E-state index in [0.717, 1.165) is 35.2 Å². The molecule has 0 aliphatic heterocycles. The number of hydrogen-bond acceptors (Lipinski definition) is 3. The van der Waals surface area contributed by atoms with E-state index in [4.69, 9.17) is 10.5 Å². The summed E-state index contributed by atoms with van der Waals surface area (Å²) in [6.07, 6.45) is 6.95. The van der Waals surface area contributed by atoms with Crippen LogP contribution in [0.25, 0.3) is 10.9 Å². The molecule has 1 fully saturated rings. The van der Waals surface area contributed by atoms with E-state index in [1.165, 1.54) is 19.3 Å². The van der Waals surface area contributed by atoms with Crippen LogP contribution in [0.15, 0.2) is 18.3 Å². The Morgan fingerprint density at radius 3 is 2.95 bits per heavy atom. The third-order valence-electron chi connectivity index (χ3n) is 4.26. The molecule has 0 saturated heterocycles. The van der Waals surface area contributed by atoms with Crippen molar-refractivity contribution in [2.75, 3.05) is 6.54 Å². The van der Waals surface area contributed by atoms with Crippen LogP contribution in [0.1, 0.15) is 31.2 Å². The van der Waals surface area contributed by atoms with Gasteiger partial charge in [-0.3, -0.25) is 5.10 Å². The van der Waals surface area contributed by atoms with Crippen molar-refractivity contribution in [3.8, 4) is 5.75 Å². The molecule has 3 N–H and O–H groups in total. The molecule has 20 heavy (non-hydrogen) atoms. The molecule has 1 aromatic heterocycles. The first-order valence-electron chi connectivity index (χ1n) is 7.09. The fourth-order valence-electron chi connectivity index (χ4n) is 3.03. The first kappa shape index (κ1) is 15.1. The van der Waals surface area contributed by atoms with Crippen LogP contribution < -0.4 is 10.5 Å². The van der Waals surface area contributed by atoms with Gasteiger partial charge in [0, 0.05) is 16.9 Å². The third kappa shape index (κ3) is 2.76. The molecular weight excluding hydrogens is 274 g/mol. The number of aromatic amines is 1. The summed E-state index contributed by atoms with van der Waals surface area (Å²) in [7, 11) is 0. The normalized spacial score (nSPS) is 22.5. The van der Waals surface area contributed by atoms with Gasteiger partial charge in [-0.15, -0.1) is 12.4 Å². The van der Waals surface area contributed by atoms with Gasteiger partial charge in [-0.2, -0.15) is 5.10 Å². The van der Waals surface area contributed by atoms with E-state index >= 15 is 0 Å². The fourth-order valence-corrected chi connectivity index (χ4v) is 3.03. The molecule has 110 valence electrons. The van der Waals surface area contributed by atoms with E-state index in [9.17, 15) is 0 Å². The lowest BCUT2D eigenvalue weighted by atomic mass is 9.86. The molecular formula is C15H22ClN3O. The molecule has 2 atom stereocenters. The Morgan fingerprint density at radius 1 is 1.35 bits per heavy atom. The Kier molecular flexibility index (Phi) is 4.89. The van der Waals surface area contributed by atoms with Gasteiger partial charge < -0.3 is 10.5 Å². The van der Waals surface area contributed by atoms with Crippen LogP contribution in [0.3, 0.4) is 0 Å². The van der Waals surface area contributed by atoms with Crippen LogP contribution in [0.5, 0.6) is 5.75 Å². The lowest BCUT2D eigenvalue weighted by Gasteiger charge is -2.31. The van der Waals surface area contributed by atoms with Crippen molar-refractivity contribution in [3.63, 3.8) is 0 Å². The van der Waals surface area contributed by atoms with Gasteiger partial charge in [0.05, 0.1) is 11.7 Å². The Bertz CT molecular complexity index is 569. The highest BCUT2D eigenvalue weighted by molar-refractivity contribution is 5.85. The largest absolute Gasteiger partial charge is 0.490 e. The SMILES string of the molecule is Cc1c(O[C@@H]2CCCC[C@H]2CN)ccc2[nH]ncc12.Cl. The molecule has 0 radical (unpaired) electrons. The number of aryl methyl sites for hydroxylation is 1. The van der Waals surface area contributed by atoms with Gasteiger partial charge in [0.25, 0.3) is 0 Å². The monoisotopic (exact) mass is 295 g/mol. The highest BCUT2D eigenvalue weighted by Crippen LogP contribution is 2.31. The van der Waals surface area contributed by atoms with Crippen LogP contribution >= 0.6 is 12.4 Å². The number of halogens is 1. The molecule has 0 spiro atoms. The zero-order chi connectivity index (χ0) is 13.2. The fraction of sp³-hybridized carbons (Fsp3) is 0.533. The Morgan fingerprint density at radius 2 is 2.15 bits per heavy atom. The van der Waals surface area contributed by atoms with Crippen LogP contribution in [-0.2, 0) is 0 Å². The van der Waals surface area contributed by atoms with Crippen molar-refractivity contribution < 1.29 is 4.74 Å². The maximum atomic E-state index is 6.25. The van der Waals surface area contributed by atoms with Crippen LogP contribution in [-0.4, -0.2) is 22.8 Å². The molecule has 1 aliphatic rings. The van der Waals surface area contributed by atoms with Gasteiger partial charge in [0.2, 0.25) is 0 Å². The molecule has 1 aromatic carbocycles. The number of nitrogens with two attached hydrogens (primary N) is 1. The van der Waals surface area contributed by atoms with Crippen LogP contribution in [0.2, 0.25) is 0 Å². The number of rotatable bonds is 3. The molecule has 0 unspecified atom stereocenters. The minimum absolute atomic E-state index is 0. The van der Waals surface area contributed by atoms with Crippen molar-refractivity contribution in [3.05, 3.63) is 23.9 Å². The highest BCUT2D eigenvalue weighted by atomic mass is 35.5. The first-order chi connectivity index (χ1) is 9.29. The summed E-state index contributed by atoms with van der Waals surface area (Å²) >= 11 is 0. The molecule has 4 nitrogen and oxygen atoms in total. The van der Waals surface area contributed by atoms with Crippen molar-refractivity contribution in [2.24, 2.45) is 11.7 Å². The number of ether oxygens (including phenoxy) is 1. The average molecular weight is 296 g/mol. The van der Waals surface area contributed by atoms with Gasteiger partial charge in [-0.1, -0.05) is 6.42 Å². The predicted octanol–water partition coefficient (Wildman–Crippen LogP) is 3.19. The topological polar surface area (TPSA) is 63.9 Å². The quantitative estimate of drug-likeness (QED) is 0.914. The molecule has 3 rings (SSSR count). The van der Waals surface area contributed by atoms with Crippen LogP contribution in [0, 0.1) is 12.8 Å². The van der Waals surface area contributed by atoms with Crippen LogP contribution in [0.4, 0.5) is 0 Å². The van der Waals surface area contributed by atoms with E-state index < -0.39 is 0 Å². The maximum Gasteiger partial charge on any atom is 0.123 e. The Labute approximate surface area is 125 Å². The van der Waals surface area contributed by atoms with Crippen molar-refractivity contribution in [1.29, 1.82) is 0 Å². The first-order valence-corrected chi connectivity index (χ1v) is 7.09. The summed E-state index contributed by atoms with van der Waals surface area (Å²) in [4.78, 5) is 0. The molecule has 2 aromatic rings. The van der Waals surface area contributed by atoms with E-state index in [1.807, 2.05) is 18.3 Å². The number of fused-ring (bicyclic) bond motifs is 1. The highest BCUT2D eigenvalue weighted by Gasteiger charge is 2.26. The minimum Gasteiger partial charge on any atom is -0.490 e. The molecule has 5 heteroatoms. The second kappa shape index (κ2) is 6.46. The summed E-state index contributed by atoms with van der Waals surface area (Å²) in [6.45, 7) is 2.81. The number of hydrogen-bond donors (Lipinski definition) is 2. The van der Waals surface area contributed by atoms with Crippen molar-refractivity contribution in [1.82, 2.24) is 10.2 Å². The lowest BCUT2D eigenvalue weighted by molar-refractivity contribution is 0.0965. The van der Waals surface area contributed by atoms with Crippen molar-refractivity contribution in [2.45, 2.75) is 38.7 Å². The number of aromatic nitrogens is 2. The Balaban J connectivity index is 0.00000147. The average Bonchev–Trinajstić information content (AvgIpc) is 2.92. The van der Waals surface area contributed by atoms with Gasteiger partial charge in [-0.05, 0) is 44.9 Å². The van der Waals surface area contributed by atoms with Gasteiger partial charge in [-0.25, -0.2) is 0 Å². The Hall–Kier alpha value is -1.26. The maximum absolute atomic E-state index is 6.25. The number of nitrogens with zero attached hydrogens (tertiary/aromatic N) is 1. The summed E-state index contributed by atoms with van der Waals surface area (Å²) < 4.78 is 6.25. The van der Waals surface area contributed by atoms with Gasteiger partial charge >= 0.3 is 0 Å².